The fourth-order valence-corrected chi connectivity index (χ4v) is 2.71. The van der Waals surface area contributed by atoms with Gasteiger partial charge in [0.15, 0.2) is 5.78 Å². The van der Waals surface area contributed by atoms with E-state index in [1.165, 1.54) is 15.6 Å². The van der Waals surface area contributed by atoms with Gasteiger partial charge in [0.05, 0.1) is 11.4 Å². The average Bonchev–Trinajstić information content (AvgIpc) is 2.89. The van der Waals surface area contributed by atoms with Crippen LogP contribution in [0.25, 0.3) is 0 Å². The molecule has 1 atom stereocenters. The van der Waals surface area contributed by atoms with Crippen molar-refractivity contribution in [2.75, 3.05) is 5.01 Å². The van der Waals surface area contributed by atoms with E-state index in [0.717, 1.165) is 0 Å². The molecule has 1 amide bonds. The van der Waals surface area contributed by atoms with Gasteiger partial charge in [-0.25, -0.2) is 0 Å². The van der Waals surface area contributed by atoms with Gasteiger partial charge >= 0.3 is 0 Å². The highest BCUT2D eigenvalue weighted by Crippen LogP contribution is 2.24. The van der Waals surface area contributed by atoms with E-state index in [4.69, 9.17) is 0 Å². The van der Waals surface area contributed by atoms with E-state index in [1.807, 2.05) is 18.2 Å². The topological polar surface area (TPSA) is 71.7 Å². The molecule has 1 aliphatic heterocycles. The Hall–Kier alpha value is -3.02. The molecule has 0 bridgehead atoms. The number of carbonyl (C=O) groups excluding carboxylic acids is 2. The number of Topliss-reactive ketones (excluding diaryl/α,β-unsaturated/α-hetero) is 1. The number of aryl methyl sites for hydroxylation is 1. The van der Waals surface area contributed by atoms with Crippen LogP contribution in [-0.4, -0.2) is 22.0 Å². The van der Waals surface area contributed by atoms with Gasteiger partial charge in [0, 0.05) is 25.2 Å². The highest BCUT2D eigenvalue weighted by Gasteiger charge is 2.38. The lowest BCUT2D eigenvalue weighted by atomic mass is 9.97. The molecule has 2 heterocycles. The normalized spacial score (nSPS) is 17.0. The zero-order valence-electron chi connectivity index (χ0n) is 13.3. The third-order valence-corrected chi connectivity index (χ3v) is 3.95. The first-order valence-electron chi connectivity index (χ1n) is 7.70. The number of nitrogens with zero attached hydrogens (tertiary/aromatic N) is 3. The van der Waals surface area contributed by atoms with Gasteiger partial charge in [-0.2, -0.15) is 10.1 Å². The van der Waals surface area contributed by atoms with Crippen molar-refractivity contribution in [2.24, 2.45) is 11.0 Å². The summed E-state index contributed by atoms with van der Waals surface area (Å²) in [4.78, 5) is 36.7. The summed E-state index contributed by atoms with van der Waals surface area (Å²) in [7, 11) is 0. The summed E-state index contributed by atoms with van der Waals surface area (Å²) in [6.45, 7) is 1.93. The number of carbonyl (C=O) groups is 2. The smallest absolute Gasteiger partial charge is 0.263 e. The fraction of sp³-hybridized carbons (Fsp3) is 0.222. The van der Waals surface area contributed by atoms with Gasteiger partial charge in [0.25, 0.3) is 11.5 Å². The molecule has 2 aromatic rings. The quantitative estimate of drug-likeness (QED) is 0.788. The van der Waals surface area contributed by atoms with Crippen molar-refractivity contribution in [3.05, 3.63) is 65.1 Å². The number of para-hydroxylation sites is 1. The number of hydrazone groups is 1. The molecule has 0 saturated carbocycles. The number of benzene rings is 1. The van der Waals surface area contributed by atoms with Crippen LogP contribution < -0.4 is 10.6 Å². The van der Waals surface area contributed by atoms with Crippen molar-refractivity contribution in [3.63, 3.8) is 0 Å². The molecule has 6 nitrogen and oxygen atoms in total. The van der Waals surface area contributed by atoms with Crippen LogP contribution in [0, 0.1) is 5.92 Å². The minimum Gasteiger partial charge on any atom is -0.315 e. The van der Waals surface area contributed by atoms with Crippen LogP contribution in [0.5, 0.6) is 0 Å². The summed E-state index contributed by atoms with van der Waals surface area (Å²) in [5, 5.41) is 5.50. The number of ketones is 1. The van der Waals surface area contributed by atoms with E-state index in [-0.39, 0.29) is 30.2 Å². The first kappa shape index (κ1) is 15.9. The molecule has 1 aromatic carbocycles. The van der Waals surface area contributed by atoms with E-state index >= 15 is 0 Å². The lowest BCUT2D eigenvalue weighted by Crippen LogP contribution is -2.33. The van der Waals surface area contributed by atoms with Gasteiger partial charge < -0.3 is 4.57 Å². The Morgan fingerprint density at radius 2 is 1.79 bits per heavy atom. The predicted octanol–water partition coefficient (Wildman–Crippen LogP) is 1.85. The number of aromatic nitrogens is 1. The van der Waals surface area contributed by atoms with Gasteiger partial charge in [-0.1, -0.05) is 24.3 Å². The minimum absolute atomic E-state index is 0.107. The molecule has 0 unspecified atom stereocenters. The van der Waals surface area contributed by atoms with Crippen LogP contribution in [0.3, 0.4) is 0 Å². The minimum atomic E-state index is -0.871. The molecule has 0 aliphatic carbocycles. The third-order valence-electron chi connectivity index (χ3n) is 3.95. The summed E-state index contributed by atoms with van der Waals surface area (Å²) in [6.07, 6.45) is 1.74. The van der Waals surface area contributed by atoms with E-state index < -0.39 is 5.92 Å². The SMILES string of the molecule is CC1=NN(c2ccccc2)C(=O)[C@@H]1C(=O)CCn1ccccc1=O. The average molecular weight is 323 g/mol. The zero-order valence-corrected chi connectivity index (χ0v) is 13.3. The van der Waals surface area contributed by atoms with Crippen molar-refractivity contribution in [1.82, 2.24) is 4.57 Å². The molecule has 122 valence electrons. The van der Waals surface area contributed by atoms with Gasteiger partial charge in [0.2, 0.25) is 0 Å². The van der Waals surface area contributed by atoms with Crippen LogP contribution in [0.4, 0.5) is 5.69 Å². The Kier molecular flexibility index (Phi) is 4.37. The molecule has 0 N–H and O–H groups in total. The van der Waals surface area contributed by atoms with Gasteiger partial charge in [-0.05, 0) is 25.1 Å². The molecular weight excluding hydrogens is 306 g/mol. The number of anilines is 1. The second-order valence-electron chi connectivity index (χ2n) is 5.61. The second kappa shape index (κ2) is 6.62. The number of amides is 1. The molecule has 1 aromatic heterocycles. The summed E-state index contributed by atoms with van der Waals surface area (Å²) in [6, 6.07) is 13.8. The van der Waals surface area contributed by atoms with Crippen molar-refractivity contribution in [2.45, 2.75) is 19.9 Å². The lowest BCUT2D eigenvalue weighted by molar-refractivity contribution is -0.129. The van der Waals surface area contributed by atoms with Crippen LogP contribution in [0.2, 0.25) is 0 Å². The number of rotatable bonds is 5. The van der Waals surface area contributed by atoms with E-state index in [0.29, 0.717) is 11.4 Å². The van der Waals surface area contributed by atoms with Gasteiger partial charge in [-0.3, -0.25) is 14.4 Å². The maximum absolute atomic E-state index is 12.6. The Bertz CT molecular complexity index is 855. The van der Waals surface area contributed by atoms with Gasteiger partial charge in [0.1, 0.15) is 5.92 Å². The maximum Gasteiger partial charge on any atom is 0.263 e. The van der Waals surface area contributed by atoms with Crippen molar-refractivity contribution >= 4 is 23.1 Å². The van der Waals surface area contributed by atoms with Crippen molar-refractivity contribution < 1.29 is 9.59 Å². The summed E-state index contributed by atoms with van der Waals surface area (Å²) >= 11 is 0. The fourth-order valence-electron chi connectivity index (χ4n) is 2.71. The molecule has 0 saturated heterocycles. The van der Waals surface area contributed by atoms with Gasteiger partial charge in [-0.15, -0.1) is 0 Å². The Morgan fingerprint density at radius 3 is 2.50 bits per heavy atom. The zero-order chi connectivity index (χ0) is 17.1. The van der Waals surface area contributed by atoms with E-state index in [9.17, 15) is 14.4 Å². The number of hydrogen-bond donors (Lipinski definition) is 0. The first-order chi connectivity index (χ1) is 11.6. The summed E-state index contributed by atoms with van der Waals surface area (Å²) < 4.78 is 1.46. The third kappa shape index (κ3) is 3.03. The monoisotopic (exact) mass is 323 g/mol. The molecule has 24 heavy (non-hydrogen) atoms. The van der Waals surface area contributed by atoms with Crippen LogP contribution >= 0.6 is 0 Å². The Morgan fingerprint density at radius 1 is 1.08 bits per heavy atom. The maximum atomic E-state index is 12.6. The molecule has 0 fully saturated rings. The standard InChI is InChI=1S/C18H17N3O3/c1-13-17(15(22)10-12-20-11-6-5-9-16(20)23)18(24)21(19-13)14-7-3-2-4-8-14/h2-9,11,17H,10,12H2,1H3/t17-/m0/s1. The molecular formula is C18H17N3O3. The summed E-state index contributed by atoms with van der Waals surface area (Å²) in [5.41, 5.74) is 0.949. The molecule has 6 heteroatoms. The molecule has 0 spiro atoms. The highest BCUT2D eigenvalue weighted by molar-refractivity contribution is 6.26. The molecule has 1 aliphatic rings. The highest BCUT2D eigenvalue weighted by atomic mass is 16.2. The summed E-state index contributed by atoms with van der Waals surface area (Å²) in [5.74, 6) is -1.44. The van der Waals surface area contributed by atoms with Crippen LogP contribution in [-0.2, 0) is 16.1 Å². The first-order valence-corrected chi connectivity index (χ1v) is 7.70. The number of hydrogen-bond acceptors (Lipinski definition) is 4. The predicted molar refractivity (Wildman–Crippen MR) is 90.9 cm³/mol. The largest absolute Gasteiger partial charge is 0.315 e. The Balaban J connectivity index is 1.72. The molecule has 0 radical (unpaired) electrons. The second-order valence-corrected chi connectivity index (χ2v) is 5.61. The number of pyridine rings is 1. The molecule has 3 rings (SSSR count). The van der Waals surface area contributed by atoms with Crippen molar-refractivity contribution in [1.29, 1.82) is 0 Å². The Labute approximate surface area is 139 Å². The van der Waals surface area contributed by atoms with Crippen LogP contribution in [0.15, 0.2) is 64.6 Å². The van der Waals surface area contributed by atoms with Crippen LogP contribution in [0.1, 0.15) is 13.3 Å². The van der Waals surface area contributed by atoms with E-state index in [1.54, 1.807) is 37.4 Å². The van der Waals surface area contributed by atoms with Crippen molar-refractivity contribution in [3.8, 4) is 0 Å². The lowest BCUT2D eigenvalue weighted by Gasteiger charge is -2.14. The van der Waals surface area contributed by atoms with E-state index in [2.05, 4.69) is 5.10 Å².